The van der Waals surface area contributed by atoms with E-state index in [0.29, 0.717) is 0 Å². The maximum absolute atomic E-state index is 13.1. The van der Waals surface area contributed by atoms with E-state index in [-0.39, 0.29) is 34.1 Å². The highest BCUT2D eigenvalue weighted by molar-refractivity contribution is 9.10. The zero-order valence-corrected chi connectivity index (χ0v) is 12.1. The van der Waals surface area contributed by atoms with Gasteiger partial charge in [0, 0.05) is 13.2 Å². The monoisotopic (exact) mass is 340 g/mol. The lowest BCUT2D eigenvalue weighted by atomic mass is 10.2. The van der Waals surface area contributed by atoms with Gasteiger partial charge >= 0.3 is 0 Å². The van der Waals surface area contributed by atoms with Crippen molar-refractivity contribution in [2.24, 2.45) is 5.92 Å². The Morgan fingerprint density at radius 3 is 2.72 bits per heavy atom. The molecule has 102 valence electrons. The molecule has 0 aromatic heterocycles. The van der Waals surface area contributed by atoms with Crippen molar-refractivity contribution in [2.45, 2.75) is 11.8 Å². The minimum absolute atomic E-state index is 0.0206. The quantitative estimate of drug-likeness (QED) is 0.699. The van der Waals surface area contributed by atoms with Crippen LogP contribution in [0.5, 0.6) is 0 Å². The first-order valence-electron chi connectivity index (χ1n) is 5.13. The van der Waals surface area contributed by atoms with Crippen molar-refractivity contribution >= 4 is 31.6 Å². The Balaban J connectivity index is 3.02. The molecule has 1 atom stereocenters. The van der Waals surface area contributed by atoms with E-state index >= 15 is 0 Å². The van der Waals surface area contributed by atoms with Crippen molar-refractivity contribution in [3.05, 3.63) is 22.4 Å². The third kappa shape index (κ3) is 3.64. The minimum Gasteiger partial charge on any atom is -0.398 e. The molecule has 0 heterocycles. The molecule has 1 rings (SSSR count). The number of nitrogens with one attached hydrogen (secondary N) is 1. The molecule has 0 saturated carbocycles. The second-order valence-electron chi connectivity index (χ2n) is 3.94. The summed E-state index contributed by atoms with van der Waals surface area (Å²) < 4.78 is 39.3. The summed E-state index contributed by atoms with van der Waals surface area (Å²) in [4.78, 5) is -0.194. The molecule has 18 heavy (non-hydrogen) atoms. The highest BCUT2D eigenvalue weighted by Gasteiger charge is 2.20. The van der Waals surface area contributed by atoms with E-state index in [4.69, 9.17) is 10.8 Å². The van der Waals surface area contributed by atoms with Gasteiger partial charge in [-0.05, 0) is 34.0 Å². The number of hydrogen-bond acceptors (Lipinski definition) is 4. The molecule has 0 aliphatic rings. The van der Waals surface area contributed by atoms with E-state index in [2.05, 4.69) is 20.7 Å². The second kappa shape index (κ2) is 5.96. The molecule has 0 radical (unpaired) electrons. The largest absolute Gasteiger partial charge is 0.398 e. The van der Waals surface area contributed by atoms with Gasteiger partial charge in [0.05, 0.1) is 10.2 Å². The Bertz CT molecular complexity index is 536. The fourth-order valence-electron chi connectivity index (χ4n) is 1.17. The van der Waals surface area contributed by atoms with Crippen LogP contribution in [0.15, 0.2) is 21.5 Å². The van der Waals surface area contributed by atoms with E-state index in [1.165, 1.54) is 0 Å². The summed E-state index contributed by atoms with van der Waals surface area (Å²) in [5, 5.41) is 8.82. The van der Waals surface area contributed by atoms with Crippen LogP contribution in [-0.2, 0) is 10.0 Å². The van der Waals surface area contributed by atoms with Gasteiger partial charge in [0.25, 0.3) is 0 Å². The molecule has 4 N–H and O–H groups in total. The van der Waals surface area contributed by atoms with E-state index in [1.54, 1.807) is 6.92 Å². The molecular weight excluding hydrogens is 327 g/mol. The first kappa shape index (κ1) is 15.4. The normalized spacial score (nSPS) is 13.6. The number of benzene rings is 1. The Morgan fingerprint density at radius 2 is 2.17 bits per heavy atom. The molecule has 0 saturated heterocycles. The van der Waals surface area contributed by atoms with Gasteiger partial charge in [0.2, 0.25) is 10.0 Å². The molecule has 0 aliphatic carbocycles. The number of aliphatic hydroxyl groups excluding tert-OH is 1. The summed E-state index contributed by atoms with van der Waals surface area (Å²) in [6, 6.07) is 2.05. The lowest BCUT2D eigenvalue weighted by Crippen LogP contribution is -2.30. The molecule has 0 fully saturated rings. The van der Waals surface area contributed by atoms with Crippen LogP contribution in [-0.4, -0.2) is 26.7 Å². The maximum Gasteiger partial charge on any atom is 0.242 e. The number of aliphatic hydroxyl groups is 1. The molecule has 0 amide bonds. The first-order chi connectivity index (χ1) is 8.27. The van der Waals surface area contributed by atoms with Crippen molar-refractivity contribution in [3.8, 4) is 0 Å². The molecule has 0 bridgehead atoms. The average Bonchev–Trinajstić information content (AvgIpc) is 2.30. The van der Waals surface area contributed by atoms with Crippen LogP contribution in [0.2, 0.25) is 0 Å². The van der Waals surface area contributed by atoms with E-state index in [9.17, 15) is 12.8 Å². The second-order valence-corrected chi connectivity index (χ2v) is 6.53. The van der Waals surface area contributed by atoms with Gasteiger partial charge in [-0.3, -0.25) is 0 Å². The number of rotatable bonds is 5. The number of sulfonamides is 1. The van der Waals surface area contributed by atoms with Gasteiger partial charge < -0.3 is 10.8 Å². The van der Waals surface area contributed by atoms with Crippen LogP contribution in [0.3, 0.4) is 0 Å². The third-order valence-electron chi connectivity index (χ3n) is 2.28. The molecule has 5 nitrogen and oxygen atoms in total. The minimum atomic E-state index is -3.82. The Morgan fingerprint density at radius 1 is 1.56 bits per heavy atom. The van der Waals surface area contributed by atoms with Crippen LogP contribution in [0.25, 0.3) is 0 Å². The Kier molecular flexibility index (Phi) is 5.09. The fraction of sp³-hybridized carbons (Fsp3) is 0.400. The molecule has 0 aliphatic heterocycles. The number of anilines is 1. The van der Waals surface area contributed by atoms with Crippen molar-refractivity contribution in [2.75, 3.05) is 18.9 Å². The topological polar surface area (TPSA) is 92.4 Å². The van der Waals surface area contributed by atoms with Gasteiger partial charge in [-0.1, -0.05) is 6.92 Å². The number of nitrogen functional groups attached to an aromatic ring is 1. The van der Waals surface area contributed by atoms with E-state index in [1.807, 2.05) is 0 Å². The van der Waals surface area contributed by atoms with Crippen LogP contribution in [0.4, 0.5) is 10.1 Å². The van der Waals surface area contributed by atoms with Crippen molar-refractivity contribution in [1.82, 2.24) is 4.72 Å². The smallest absolute Gasteiger partial charge is 0.242 e. The van der Waals surface area contributed by atoms with Crippen LogP contribution >= 0.6 is 15.9 Å². The standard InChI is InChI=1S/C10H14BrFN2O3S/c1-6(5-15)4-14-18(16,17)10-2-7(11)8(12)3-9(10)13/h2-3,6,14-15H,4-5,13H2,1H3. The van der Waals surface area contributed by atoms with Gasteiger partial charge in [0.15, 0.2) is 0 Å². The summed E-state index contributed by atoms with van der Waals surface area (Å²) in [5.74, 6) is -0.847. The Hall–Kier alpha value is -0.700. The van der Waals surface area contributed by atoms with Gasteiger partial charge in [-0.15, -0.1) is 0 Å². The molecule has 1 unspecified atom stereocenters. The fourth-order valence-corrected chi connectivity index (χ4v) is 2.97. The summed E-state index contributed by atoms with van der Waals surface area (Å²) in [6.45, 7) is 1.63. The number of hydrogen-bond donors (Lipinski definition) is 3. The highest BCUT2D eigenvalue weighted by atomic mass is 79.9. The van der Waals surface area contributed by atoms with Crippen molar-refractivity contribution in [1.29, 1.82) is 0 Å². The summed E-state index contributed by atoms with van der Waals surface area (Å²) in [6.07, 6.45) is 0. The van der Waals surface area contributed by atoms with Crippen LogP contribution < -0.4 is 10.5 Å². The SMILES string of the molecule is CC(CO)CNS(=O)(=O)c1cc(Br)c(F)cc1N. The predicted octanol–water partition coefficient (Wildman–Crippen LogP) is 1.08. The highest BCUT2D eigenvalue weighted by Crippen LogP contribution is 2.25. The van der Waals surface area contributed by atoms with Gasteiger partial charge in [-0.25, -0.2) is 17.5 Å². The van der Waals surface area contributed by atoms with Crippen molar-refractivity contribution in [3.63, 3.8) is 0 Å². The van der Waals surface area contributed by atoms with E-state index in [0.717, 1.165) is 12.1 Å². The molecular formula is C10H14BrFN2O3S. The molecule has 1 aromatic rings. The first-order valence-corrected chi connectivity index (χ1v) is 7.40. The van der Waals surface area contributed by atoms with Gasteiger partial charge in [-0.2, -0.15) is 0 Å². The molecule has 1 aromatic carbocycles. The van der Waals surface area contributed by atoms with E-state index < -0.39 is 15.8 Å². The number of nitrogens with two attached hydrogens (primary N) is 1. The zero-order chi connectivity index (χ0) is 13.9. The lowest BCUT2D eigenvalue weighted by Gasteiger charge is -2.12. The average molecular weight is 341 g/mol. The van der Waals surface area contributed by atoms with Crippen LogP contribution in [0, 0.1) is 11.7 Å². The zero-order valence-electron chi connectivity index (χ0n) is 9.65. The maximum atomic E-state index is 13.1. The third-order valence-corrected chi connectivity index (χ3v) is 4.36. The van der Waals surface area contributed by atoms with Crippen molar-refractivity contribution < 1.29 is 17.9 Å². The number of halogens is 2. The lowest BCUT2D eigenvalue weighted by molar-refractivity contribution is 0.238. The summed E-state index contributed by atoms with van der Waals surface area (Å²) in [5.41, 5.74) is 5.32. The predicted molar refractivity (Wildman–Crippen MR) is 70.0 cm³/mol. The van der Waals surface area contributed by atoms with Gasteiger partial charge in [0.1, 0.15) is 10.7 Å². The molecule has 0 spiro atoms. The summed E-state index contributed by atoms with van der Waals surface area (Å²) in [7, 11) is -3.82. The summed E-state index contributed by atoms with van der Waals surface area (Å²) >= 11 is 2.90. The molecule has 8 heteroatoms. The Labute approximate surface area is 113 Å². The van der Waals surface area contributed by atoms with Crippen LogP contribution in [0.1, 0.15) is 6.92 Å².